The Labute approximate surface area is 237 Å². The minimum atomic E-state index is -4.39. The number of carbonyl (C=O) groups excluding carboxylic acids is 1. The third kappa shape index (κ3) is 7.18. The Hall–Kier alpha value is -3.20. The summed E-state index contributed by atoms with van der Waals surface area (Å²) in [7, 11) is -4.39. The Kier molecular flexibility index (Phi) is 9.26. The van der Waals surface area contributed by atoms with Crippen molar-refractivity contribution in [1.29, 1.82) is 0 Å². The molecule has 0 saturated carbocycles. The van der Waals surface area contributed by atoms with Gasteiger partial charge in [-0.1, -0.05) is 0 Å². The average molecular weight is 613 g/mol. The first-order valence-corrected chi connectivity index (χ1v) is 15.0. The lowest BCUT2D eigenvalue weighted by Crippen LogP contribution is -2.43. The van der Waals surface area contributed by atoms with E-state index >= 15 is 4.39 Å². The molecule has 0 aliphatic carbocycles. The third-order valence-corrected chi connectivity index (χ3v) is 8.51. The molecule has 1 aliphatic rings. The number of alkyl halides is 1. The molecule has 0 radical (unpaired) electrons. The van der Waals surface area contributed by atoms with E-state index < -0.39 is 67.8 Å². The van der Waals surface area contributed by atoms with Crippen LogP contribution in [0.15, 0.2) is 57.7 Å². The summed E-state index contributed by atoms with van der Waals surface area (Å²) in [6.45, 7) is 5.05. The minimum absolute atomic E-state index is 0.117. The number of halogens is 1. The maximum atomic E-state index is 15.6. The number of rotatable bonds is 11. The van der Waals surface area contributed by atoms with Crippen molar-refractivity contribution in [3.05, 3.63) is 68.9 Å². The summed E-state index contributed by atoms with van der Waals surface area (Å²) >= 11 is 1.43. The summed E-state index contributed by atoms with van der Waals surface area (Å²) < 4.78 is 52.2. The molecule has 1 saturated heterocycles. The topological polar surface area (TPSA) is 171 Å². The standard InChI is InChI=1S/C25H30FN4O9PS/c1-14(2)37-22(33)15(3)29-40(35,39-17-7-5-16(6-8-17)21-27-10-12-41-21)36-13-18-20(32)25(4,26)23(38-18)30-11-9-19(31)28-24(30)34/h5-12,14-15,18,20,23,32H,13H2,1-4H3,(H,29,35)(H,28,31,34)/t15-,18+,20+,23+,25+,40?/m0/s1. The Morgan fingerprint density at radius 2 is 2.00 bits per heavy atom. The van der Waals surface area contributed by atoms with Crippen LogP contribution in [0.25, 0.3) is 10.6 Å². The van der Waals surface area contributed by atoms with Crippen LogP contribution in [0.4, 0.5) is 4.39 Å². The molecule has 2 aromatic heterocycles. The van der Waals surface area contributed by atoms with E-state index in [4.69, 9.17) is 18.5 Å². The van der Waals surface area contributed by atoms with Gasteiger partial charge in [0.15, 0.2) is 11.9 Å². The Balaban J connectivity index is 1.54. The number of aromatic nitrogens is 3. The molecule has 0 amide bonds. The van der Waals surface area contributed by atoms with Gasteiger partial charge in [0, 0.05) is 29.4 Å². The number of hydrogen-bond donors (Lipinski definition) is 3. The molecule has 3 aromatic rings. The van der Waals surface area contributed by atoms with Gasteiger partial charge in [-0.05, 0) is 52.0 Å². The number of esters is 1. The molecule has 3 heterocycles. The van der Waals surface area contributed by atoms with Gasteiger partial charge in [0.2, 0.25) is 0 Å². The number of ether oxygens (including phenoxy) is 2. The molecule has 1 aliphatic heterocycles. The highest BCUT2D eigenvalue weighted by molar-refractivity contribution is 7.52. The van der Waals surface area contributed by atoms with E-state index in [2.05, 4.69) is 10.1 Å². The first kappa shape index (κ1) is 30.8. The van der Waals surface area contributed by atoms with Gasteiger partial charge in [0.25, 0.3) is 5.56 Å². The van der Waals surface area contributed by atoms with Crippen molar-refractivity contribution >= 4 is 25.1 Å². The molecule has 0 bridgehead atoms. The van der Waals surface area contributed by atoms with E-state index in [1.165, 1.54) is 30.4 Å². The lowest BCUT2D eigenvalue weighted by Gasteiger charge is -2.25. The summed E-state index contributed by atoms with van der Waals surface area (Å²) in [4.78, 5) is 42.3. The maximum Gasteiger partial charge on any atom is 0.459 e. The molecule has 6 atom stereocenters. The maximum absolute atomic E-state index is 15.6. The Bertz CT molecular complexity index is 1510. The highest BCUT2D eigenvalue weighted by Gasteiger charge is 2.56. The zero-order valence-electron chi connectivity index (χ0n) is 22.6. The fourth-order valence-corrected chi connectivity index (χ4v) is 6.16. The molecule has 4 rings (SSSR count). The van der Waals surface area contributed by atoms with Crippen LogP contribution in [-0.2, 0) is 23.4 Å². The van der Waals surface area contributed by atoms with Crippen LogP contribution in [0.2, 0.25) is 0 Å². The van der Waals surface area contributed by atoms with Crippen molar-refractivity contribution < 1.29 is 37.4 Å². The molecule has 1 fully saturated rings. The van der Waals surface area contributed by atoms with Gasteiger partial charge in [-0.25, -0.2) is 18.7 Å². The predicted molar refractivity (Wildman–Crippen MR) is 146 cm³/mol. The Morgan fingerprint density at radius 3 is 2.61 bits per heavy atom. The number of aromatic amines is 1. The number of carbonyl (C=O) groups is 1. The fraction of sp³-hybridized carbons (Fsp3) is 0.440. The van der Waals surface area contributed by atoms with Crippen LogP contribution in [0.1, 0.15) is 33.9 Å². The van der Waals surface area contributed by atoms with E-state index in [-0.39, 0.29) is 5.75 Å². The first-order valence-electron chi connectivity index (χ1n) is 12.6. The quantitative estimate of drug-likeness (QED) is 0.215. The summed E-state index contributed by atoms with van der Waals surface area (Å²) in [6.07, 6.45) is -2.63. The Morgan fingerprint density at radius 1 is 1.29 bits per heavy atom. The number of nitrogens with one attached hydrogen (secondary N) is 2. The molecule has 222 valence electrons. The van der Waals surface area contributed by atoms with E-state index in [1.54, 1.807) is 32.2 Å². The molecule has 1 aromatic carbocycles. The SMILES string of the molecule is CC(C)OC(=O)[C@H](C)NP(=O)(OC[C@H]1O[C@@H](n2ccc(=O)[nH]c2=O)[C@](C)(F)[C@@H]1O)Oc1ccc(-c2nccs2)cc1. The molecular weight excluding hydrogens is 582 g/mol. The molecule has 13 nitrogen and oxygen atoms in total. The zero-order valence-corrected chi connectivity index (χ0v) is 24.3. The number of aliphatic hydroxyl groups is 1. The van der Waals surface area contributed by atoms with Crippen molar-refractivity contribution in [1.82, 2.24) is 19.6 Å². The number of thiazole rings is 1. The van der Waals surface area contributed by atoms with Gasteiger partial charge < -0.3 is 19.1 Å². The molecule has 1 unspecified atom stereocenters. The second kappa shape index (κ2) is 12.3. The van der Waals surface area contributed by atoms with Crippen molar-refractivity contribution in [3.8, 4) is 16.3 Å². The van der Waals surface area contributed by atoms with Crippen LogP contribution in [-0.4, -0.2) is 62.2 Å². The summed E-state index contributed by atoms with van der Waals surface area (Å²) in [5, 5.41) is 15.8. The van der Waals surface area contributed by atoms with E-state index in [0.717, 1.165) is 34.3 Å². The van der Waals surface area contributed by atoms with Gasteiger partial charge in [-0.15, -0.1) is 11.3 Å². The summed E-state index contributed by atoms with van der Waals surface area (Å²) in [6, 6.07) is 6.30. The number of aliphatic hydroxyl groups excluding tert-OH is 1. The molecule has 0 spiro atoms. The van der Waals surface area contributed by atoms with Crippen LogP contribution < -0.4 is 20.9 Å². The zero-order chi connectivity index (χ0) is 29.9. The third-order valence-electron chi connectivity index (χ3n) is 6.05. The molecule has 16 heteroatoms. The number of H-pyrrole nitrogens is 1. The van der Waals surface area contributed by atoms with Crippen LogP contribution in [0.3, 0.4) is 0 Å². The van der Waals surface area contributed by atoms with Gasteiger partial charge in [-0.3, -0.25) is 23.7 Å². The highest BCUT2D eigenvalue weighted by Crippen LogP contribution is 2.47. The van der Waals surface area contributed by atoms with Gasteiger partial charge in [0.05, 0.1) is 12.7 Å². The number of nitrogens with zero attached hydrogens (tertiary/aromatic N) is 2. The van der Waals surface area contributed by atoms with Crippen molar-refractivity contribution in [2.24, 2.45) is 0 Å². The predicted octanol–water partition coefficient (Wildman–Crippen LogP) is 2.78. The van der Waals surface area contributed by atoms with Gasteiger partial charge >= 0.3 is 19.4 Å². The summed E-state index contributed by atoms with van der Waals surface area (Å²) in [5.41, 5.74) is -3.36. The molecular formula is C25H30FN4O9PS. The number of benzene rings is 1. The normalized spacial score (nSPS) is 24.6. The lowest BCUT2D eigenvalue weighted by molar-refractivity contribution is -0.149. The van der Waals surface area contributed by atoms with Gasteiger partial charge in [-0.2, -0.15) is 5.09 Å². The van der Waals surface area contributed by atoms with E-state index in [9.17, 15) is 24.1 Å². The largest absolute Gasteiger partial charge is 0.462 e. The van der Waals surface area contributed by atoms with Crippen molar-refractivity contribution in [2.75, 3.05) is 6.61 Å². The second-order valence-corrected chi connectivity index (χ2v) is 12.3. The average Bonchev–Trinajstić information content (AvgIpc) is 3.51. The van der Waals surface area contributed by atoms with Crippen LogP contribution in [0, 0.1) is 0 Å². The highest BCUT2D eigenvalue weighted by atomic mass is 32.1. The molecule has 41 heavy (non-hydrogen) atoms. The number of hydrogen-bond acceptors (Lipinski definition) is 11. The van der Waals surface area contributed by atoms with E-state index in [1.807, 2.05) is 10.4 Å². The lowest BCUT2D eigenvalue weighted by atomic mass is 9.98. The summed E-state index contributed by atoms with van der Waals surface area (Å²) in [5.74, 6) is -0.607. The minimum Gasteiger partial charge on any atom is -0.462 e. The fourth-order valence-electron chi connectivity index (χ4n) is 4.01. The monoisotopic (exact) mass is 612 g/mol. The molecule has 3 N–H and O–H groups in total. The van der Waals surface area contributed by atoms with Crippen LogP contribution in [0.5, 0.6) is 5.75 Å². The smallest absolute Gasteiger partial charge is 0.459 e. The van der Waals surface area contributed by atoms with Crippen molar-refractivity contribution in [3.63, 3.8) is 0 Å². The van der Waals surface area contributed by atoms with E-state index in [0.29, 0.717) is 0 Å². The van der Waals surface area contributed by atoms with Crippen LogP contribution >= 0.6 is 19.1 Å². The van der Waals surface area contributed by atoms with Crippen molar-refractivity contribution in [2.45, 2.75) is 63.9 Å². The second-order valence-electron chi connectivity index (χ2n) is 9.72. The van der Waals surface area contributed by atoms with Gasteiger partial charge in [0.1, 0.15) is 29.0 Å². The first-order chi connectivity index (χ1) is 19.3.